The fourth-order valence-electron chi connectivity index (χ4n) is 2.45. The summed E-state index contributed by atoms with van der Waals surface area (Å²) in [6, 6.07) is 6.58. The van der Waals surface area contributed by atoms with Crippen LogP contribution in [0.25, 0.3) is 0 Å². The Kier molecular flexibility index (Phi) is 4.75. The standard InChI is InChI=1S/C16H17N3O4S/c1-22-11-3-4-12(13(7-11)23-2)18-15(21)10-8-19-14(20)5-6-17-16(19)24-9-10/h3-7,10H,8-9H2,1-2H3,(H,18,21). The molecule has 1 unspecified atom stereocenters. The largest absolute Gasteiger partial charge is 0.497 e. The molecule has 1 aromatic heterocycles. The first kappa shape index (κ1) is 16.4. The summed E-state index contributed by atoms with van der Waals surface area (Å²) in [5, 5.41) is 3.51. The number of carbonyl (C=O) groups is 1. The van der Waals surface area contributed by atoms with Crippen LogP contribution in [0, 0.1) is 5.92 Å². The zero-order valence-electron chi connectivity index (χ0n) is 13.3. The molecule has 1 N–H and O–H groups in total. The van der Waals surface area contributed by atoms with E-state index in [1.165, 1.54) is 35.7 Å². The van der Waals surface area contributed by atoms with E-state index in [4.69, 9.17) is 9.47 Å². The Balaban J connectivity index is 1.77. The number of aromatic nitrogens is 2. The zero-order valence-corrected chi connectivity index (χ0v) is 14.1. The van der Waals surface area contributed by atoms with E-state index in [2.05, 4.69) is 10.3 Å². The number of methoxy groups -OCH3 is 2. The minimum Gasteiger partial charge on any atom is -0.497 e. The van der Waals surface area contributed by atoms with Gasteiger partial charge in [-0.1, -0.05) is 11.8 Å². The molecule has 0 spiro atoms. The zero-order chi connectivity index (χ0) is 17.1. The third kappa shape index (κ3) is 3.23. The number of nitrogens with zero attached hydrogens (tertiary/aromatic N) is 2. The second kappa shape index (κ2) is 6.96. The van der Waals surface area contributed by atoms with Gasteiger partial charge in [0.1, 0.15) is 11.5 Å². The van der Waals surface area contributed by atoms with Crippen molar-refractivity contribution in [1.82, 2.24) is 9.55 Å². The lowest BCUT2D eigenvalue weighted by Gasteiger charge is -2.24. The number of carbonyl (C=O) groups excluding carboxylic acids is 1. The molecular formula is C16H17N3O4S. The summed E-state index contributed by atoms with van der Waals surface area (Å²) >= 11 is 1.41. The number of hydrogen-bond donors (Lipinski definition) is 1. The number of ether oxygens (including phenoxy) is 2. The van der Waals surface area contributed by atoms with Crippen LogP contribution >= 0.6 is 11.8 Å². The van der Waals surface area contributed by atoms with E-state index in [1.807, 2.05) is 0 Å². The molecule has 2 aromatic rings. The molecule has 1 atom stereocenters. The number of rotatable bonds is 4. The van der Waals surface area contributed by atoms with Gasteiger partial charge in [-0.3, -0.25) is 14.2 Å². The third-order valence-corrected chi connectivity index (χ3v) is 4.91. The van der Waals surface area contributed by atoms with E-state index in [-0.39, 0.29) is 17.4 Å². The predicted octanol–water partition coefficient (Wildman–Crippen LogP) is 1.62. The van der Waals surface area contributed by atoms with Crippen LogP contribution in [0.2, 0.25) is 0 Å². The second-order valence-corrected chi connectivity index (χ2v) is 6.23. The van der Waals surface area contributed by atoms with E-state index in [0.29, 0.717) is 34.6 Å². The SMILES string of the molecule is COc1ccc(NC(=O)C2CSc3nccc(=O)n3C2)c(OC)c1. The van der Waals surface area contributed by atoms with Gasteiger partial charge in [-0.2, -0.15) is 0 Å². The summed E-state index contributed by atoms with van der Waals surface area (Å²) in [5.41, 5.74) is 0.421. The monoisotopic (exact) mass is 347 g/mol. The number of amides is 1. The lowest BCUT2D eigenvalue weighted by Crippen LogP contribution is -2.36. The average molecular weight is 347 g/mol. The summed E-state index contributed by atoms with van der Waals surface area (Å²) < 4.78 is 12.0. The fourth-order valence-corrected chi connectivity index (χ4v) is 3.51. The molecule has 0 radical (unpaired) electrons. The molecule has 0 bridgehead atoms. The van der Waals surface area contributed by atoms with Gasteiger partial charge >= 0.3 is 0 Å². The van der Waals surface area contributed by atoms with Crippen LogP contribution < -0.4 is 20.3 Å². The Morgan fingerprint density at radius 3 is 2.92 bits per heavy atom. The predicted molar refractivity (Wildman–Crippen MR) is 90.9 cm³/mol. The van der Waals surface area contributed by atoms with Gasteiger partial charge < -0.3 is 14.8 Å². The first-order valence-corrected chi connectivity index (χ1v) is 8.32. The number of nitrogens with one attached hydrogen (secondary N) is 1. The average Bonchev–Trinajstić information content (AvgIpc) is 2.62. The quantitative estimate of drug-likeness (QED) is 0.847. The molecule has 126 valence electrons. The van der Waals surface area contributed by atoms with E-state index in [9.17, 15) is 9.59 Å². The molecule has 1 amide bonds. The molecule has 0 fully saturated rings. The fraction of sp³-hybridized carbons (Fsp3) is 0.312. The van der Waals surface area contributed by atoms with Crippen LogP contribution in [-0.2, 0) is 11.3 Å². The minimum absolute atomic E-state index is 0.146. The van der Waals surface area contributed by atoms with Gasteiger partial charge in [-0.05, 0) is 12.1 Å². The normalized spacial score (nSPS) is 16.2. The van der Waals surface area contributed by atoms with Gasteiger partial charge in [-0.15, -0.1) is 0 Å². The van der Waals surface area contributed by atoms with Crippen molar-refractivity contribution in [2.75, 3.05) is 25.3 Å². The highest BCUT2D eigenvalue weighted by atomic mass is 32.2. The molecule has 0 aliphatic carbocycles. The summed E-state index contributed by atoms with van der Waals surface area (Å²) in [7, 11) is 3.10. The molecule has 2 heterocycles. The van der Waals surface area contributed by atoms with Crippen molar-refractivity contribution < 1.29 is 14.3 Å². The number of thioether (sulfide) groups is 1. The van der Waals surface area contributed by atoms with E-state index in [1.54, 1.807) is 25.3 Å². The van der Waals surface area contributed by atoms with Crippen molar-refractivity contribution in [2.24, 2.45) is 5.92 Å². The second-order valence-electron chi connectivity index (χ2n) is 5.24. The highest BCUT2D eigenvalue weighted by Gasteiger charge is 2.27. The molecule has 8 heteroatoms. The molecule has 0 saturated heterocycles. The molecule has 7 nitrogen and oxygen atoms in total. The van der Waals surface area contributed by atoms with Gasteiger partial charge in [-0.25, -0.2) is 4.98 Å². The van der Waals surface area contributed by atoms with Crippen molar-refractivity contribution in [3.63, 3.8) is 0 Å². The molecule has 24 heavy (non-hydrogen) atoms. The maximum Gasteiger partial charge on any atom is 0.254 e. The number of fused-ring (bicyclic) bond motifs is 1. The van der Waals surface area contributed by atoms with Crippen LogP contribution in [0.1, 0.15) is 0 Å². The number of anilines is 1. The first-order valence-electron chi connectivity index (χ1n) is 7.34. The van der Waals surface area contributed by atoms with E-state index in [0.717, 1.165) is 0 Å². The van der Waals surface area contributed by atoms with Gasteiger partial charge in [0.15, 0.2) is 5.16 Å². The first-order chi connectivity index (χ1) is 11.6. The van der Waals surface area contributed by atoms with Crippen molar-refractivity contribution in [3.8, 4) is 11.5 Å². The van der Waals surface area contributed by atoms with Crippen molar-refractivity contribution in [2.45, 2.75) is 11.7 Å². The van der Waals surface area contributed by atoms with Crippen molar-refractivity contribution in [1.29, 1.82) is 0 Å². The Labute approximate surface area is 143 Å². The van der Waals surface area contributed by atoms with Crippen molar-refractivity contribution in [3.05, 3.63) is 40.8 Å². The number of benzene rings is 1. The molecule has 1 aromatic carbocycles. The Morgan fingerprint density at radius 2 is 2.17 bits per heavy atom. The van der Waals surface area contributed by atoms with E-state index < -0.39 is 0 Å². The van der Waals surface area contributed by atoms with Crippen molar-refractivity contribution >= 4 is 23.4 Å². The molecule has 0 saturated carbocycles. The smallest absolute Gasteiger partial charge is 0.254 e. The summed E-state index contributed by atoms with van der Waals surface area (Å²) in [6.07, 6.45) is 1.49. The molecular weight excluding hydrogens is 330 g/mol. The summed E-state index contributed by atoms with van der Waals surface area (Å²) in [6.45, 7) is 0.319. The third-order valence-electron chi connectivity index (χ3n) is 3.75. The van der Waals surface area contributed by atoms with Gasteiger partial charge in [0.25, 0.3) is 5.56 Å². The summed E-state index contributed by atoms with van der Waals surface area (Å²) in [5.74, 6) is 1.25. The van der Waals surface area contributed by atoms with Crippen LogP contribution in [0.15, 0.2) is 40.4 Å². The van der Waals surface area contributed by atoms with E-state index >= 15 is 0 Å². The lowest BCUT2D eigenvalue weighted by molar-refractivity contribution is -0.119. The Hall–Kier alpha value is -2.48. The highest BCUT2D eigenvalue weighted by Crippen LogP contribution is 2.31. The van der Waals surface area contributed by atoms with Crippen LogP contribution in [0.5, 0.6) is 11.5 Å². The van der Waals surface area contributed by atoms with Gasteiger partial charge in [0.2, 0.25) is 5.91 Å². The van der Waals surface area contributed by atoms with Crippen LogP contribution in [0.3, 0.4) is 0 Å². The maximum atomic E-state index is 12.6. The molecule has 3 rings (SSSR count). The summed E-state index contributed by atoms with van der Waals surface area (Å²) in [4.78, 5) is 28.6. The maximum absolute atomic E-state index is 12.6. The van der Waals surface area contributed by atoms with Gasteiger partial charge in [0, 0.05) is 30.6 Å². The molecule has 1 aliphatic rings. The number of hydrogen-bond acceptors (Lipinski definition) is 6. The van der Waals surface area contributed by atoms with Crippen LogP contribution in [-0.4, -0.2) is 35.4 Å². The topological polar surface area (TPSA) is 82.5 Å². The molecule has 1 aliphatic heterocycles. The lowest BCUT2D eigenvalue weighted by atomic mass is 10.1. The van der Waals surface area contributed by atoms with Crippen LogP contribution in [0.4, 0.5) is 5.69 Å². The Bertz CT molecular complexity index is 821. The highest BCUT2D eigenvalue weighted by molar-refractivity contribution is 7.99. The van der Waals surface area contributed by atoms with Gasteiger partial charge in [0.05, 0.1) is 25.8 Å². The Morgan fingerprint density at radius 1 is 1.33 bits per heavy atom. The minimum atomic E-state index is -0.323.